The summed E-state index contributed by atoms with van der Waals surface area (Å²) in [4.78, 5) is 17.4. The summed E-state index contributed by atoms with van der Waals surface area (Å²) in [5.74, 6) is 0.441. The maximum absolute atomic E-state index is 12.0. The van der Waals surface area contributed by atoms with Crippen LogP contribution in [0.15, 0.2) is 65.7 Å². The van der Waals surface area contributed by atoms with Gasteiger partial charge in [0.1, 0.15) is 5.52 Å². The number of hydrogen-bond acceptors (Lipinski definition) is 4. The maximum atomic E-state index is 12.0. The third kappa shape index (κ3) is 3.20. The molecule has 110 valence electrons. The number of pyridine rings is 1. The van der Waals surface area contributed by atoms with Crippen LogP contribution in [0.25, 0.3) is 10.9 Å². The van der Waals surface area contributed by atoms with Gasteiger partial charge in [-0.25, -0.2) is 4.79 Å². The van der Waals surface area contributed by atoms with Gasteiger partial charge in [-0.3, -0.25) is 10.3 Å². The number of nitrogens with zero attached hydrogens (tertiary/aromatic N) is 1. The van der Waals surface area contributed by atoms with Crippen LogP contribution in [0.3, 0.4) is 0 Å². The van der Waals surface area contributed by atoms with Gasteiger partial charge in [0.2, 0.25) is 0 Å². The zero-order chi connectivity index (χ0) is 15.4. The summed E-state index contributed by atoms with van der Waals surface area (Å²) in [5.41, 5.74) is 1.36. The summed E-state index contributed by atoms with van der Waals surface area (Å²) in [5, 5.41) is 3.64. The lowest BCUT2D eigenvalue weighted by Gasteiger charge is -2.08. The maximum Gasteiger partial charge on any atom is 0.417 e. The first-order chi connectivity index (χ1) is 10.8. The van der Waals surface area contributed by atoms with E-state index < -0.39 is 6.09 Å². The van der Waals surface area contributed by atoms with E-state index in [-0.39, 0.29) is 0 Å². The number of para-hydroxylation sites is 1. The van der Waals surface area contributed by atoms with Crippen LogP contribution < -0.4 is 10.1 Å². The van der Waals surface area contributed by atoms with Gasteiger partial charge in [-0.05, 0) is 42.7 Å². The van der Waals surface area contributed by atoms with Crippen molar-refractivity contribution in [3.8, 4) is 5.75 Å². The number of amides is 1. The van der Waals surface area contributed by atoms with E-state index in [9.17, 15) is 4.79 Å². The van der Waals surface area contributed by atoms with Crippen molar-refractivity contribution >= 4 is 34.4 Å². The van der Waals surface area contributed by atoms with Crippen molar-refractivity contribution in [2.75, 3.05) is 11.6 Å². The van der Waals surface area contributed by atoms with Gasteiger partial charge in [-0.15, -0.1) is 11.8 Å². The van der Waals surface area contributed by atoms with Crippen LogP contribution in [0, 0.1) is 0 Å². The second-order valence-corrected chi connectivity index (χ2v) is 5.45. The molecule has 0 saturated carbocycles. The Labute approximate surface area is 132 Å². The number of ether oxygens (including phenoxy) is 1. The number of fused-ring (bicyclic) bond motifs is 1. The van der Waals surface area contributed by atoms with Crippen LogP contribution in [0.5, 0.6) is 5.75 Å². The Morgan fingerprint density at radius 1 is 1.09 bits per heavy atom. The normalized spacial score (nSPS) is 10.4. The lowest BCUT2D eigenvalue weighted by atomic mass is 10.2. The monoisotopic (exact) mass is 310 g/mol. The Hall–Kier alpha value is -2.53. The summed E-state index contributed by atoms with van der Waals surface area (Å²) >= 11 is 1.65. The van der Waals surface area contributed by atoms with Crippen molar-refractivity contribution < 1.29 is 9.53 Å². The highest BCUT2D eigenvalue weighted by Crippen LogP contribution is 2.23. The molecule has 1 heterocycles. The topological polar surface area (TPSA) is 51.2 Å². The molecular weight excluding hydrogens is 296 g/mol. The molecule has 1 amide bonds. The van der Waals surface area contributed by atoms with Crippen molar-refractivity contribution in [2.24, 2.45) is 0 Å². The highest BCUT2D eigenvalue weighted by Gasteiger charge is 2.09. The van der Waals surface area contributed by atoms with E-state index in [0.29, 0.717) is 17.0 Å². The SMILES string of the molecule is CSc1ccc(NC(=O)Oc2cccc3cccnc23)cc1. The predicted molar refractivity (Wildman–Crippen MR) is 89.6 cm³/mol. The lowest BCUT2D eigenvalue weighted by molar-refractivity contribution is 0.215. The first kappa shape index (κ1) is 14.4. The van der Waals surface area contributed by atoms with E-state index >= 15 is 0 Å². The fourth-order valence-corrected chi connectivity index (χ4v) is 2.48. The third-order valence-corrected chi connectivity index (χ3v) is 3.88. The van der Waals surface area contributed by atoms with E-state index in [4.69, 9.17) is 4.74 Å². The molecule has 3 rings (SSSR count). The third-order valence-electron chi connectivity index (χ3n) is 3.13. The van der Waals surface area contributed by atoms with Gasteiger partial charge in [0, 0.05) is 22.2 Å². The molecule has 0 aliphatic carbocycles. The smallest absolute Gasteiger partial charge is 0.408 e. The molecule has 1 N–H and O–H groups in total. The van der Waals surface area contributed by atoms with Gasteiger partial charge in [0.05, 0.1) is 0 Å². The molecule has 0 bridgehead atoms. The molecule has 0 fully saturated rings. The van der Waals surface area contributed by atoms with Crippen LogP contribution in [-0.4, -0.2) is 17.3 Å². The van der Waals surface area contributed by atoms with Crippen LogP contribution in [0.1, 0.15) is 0 Å². The molecule has 22 heavy (non-hydrogen) atoms. The number of carbonyl (C=O) groups is 1. The van der Waals surface area contributed by atoms with E-state index in [0.717, 1.165) is 10.3 Å². The Morgan fingerprint density at radius 2 is 1.86 bits per heavy atom. The number of nitrogens with one attached hydrogen (secondary N) is 1. The van der Waals surface area contributed by atoms with Crippen LogP contribution in [-0.2, 0) is 0 Å². The molecule has 0 aliphatic rings. The van der Waals surface area contributed by atoms with Gasteiger partial charge in [-0.1, -0.05) is 18.2 Å². The molecule has 0 spiro atoms. The summed E-state index contributed by atoms with van der Waals surface area (Å²) in [7, 11) is 0. The molecule has 2 aromatic carbocycles. The minimum Gasteiger partial charge on any atom is -0.408 e. The summed E-state index contributed by atoms with van der Waals surface area (Å²) in [6.07, 6.45) is 3.15. The van der Waals surface area contributed by atoms with E-state index in [1.54, 1.807) is 24.0 Å². The number of thioether (sulfide) groups is 1. The number of rotatable bonds is 3. The fourth-order valence-electron chi connectivity index (χ4n) is 2.08. The van der Waals surface area contributed by atoms with Gasteiger partial charge < -0.3 is 4.74 Å². The van der Waals surface area contributed by atoms with E-state index in [1.165, 1.54) is 0 Å². The molecular formula is C17H14N2O2S. The predicted octanol–water partition coefficient (Wildman–Crippen LogP) is 4.57. The largest absolute Gasteiger partial charge is 0.417 e. The zero-order valence-electron chi connectivity index (χ0n) is 11.9. The Bertz CT molecular complexity index is 798. The molecule has 3 aromatic rings. The van der Waals surface area contributed by atoms with Gasteiger partial charge in [0.15, 0.2) is 5.75 Å². The molecule has 0 saturated heterocycles. The standard InChI is InChI=1S/C17H14N2O2S/c1-22-14-9-7-13(8-10-14)19-17(20)21-15-6-2-4-12-5-3-11-18-16(12)15/h2-11H,1H3,(H,19,20). The lowest BCUT2D eigenvalue weighted by Crippen LogP contribution is -2.16. The number of aromatic nitrogens is 1. The van der Waals surface area contributed by atoms with Gasteiger partial charge in [-0.2, -0.15) is 0 Å². The molecule has 0 radical (unpaired) electrons. The molecule has 1 aromatic heterocycles. The van der Waals surface area contributed by atoms with Crippen molar-refractivity contribution in [2.45, 2.75) is 4.90 Å². The number of benzene rings is 2. The number of hydrogen-bond donors (Lipinski definition) is 1. The van der Waals surface area contributed by atoms with Crippen LogP contribution in [0.4, 0.5) is 10.5 Å². The summed E-state index contributed by atoms with van der Waals surface area (Å²) in [6, 6.07) is 16.8. The fraction of sp³-hybridized carbons (Fsp3) is 0.0588. The first-order valence-electron chi connectivity index (χ1n) is 6.73. The molecule has 5 heteroatoms. The summed E-state index contributed by atoms with van der Waals surface area (Å²) in [6.45, 7) is 0. The highest BCUT2D eigenvalue weighted by molar-refractivity contribution is 7.98. The van der Waals surface area contributed by atoms with Crippen LogP contribution >= 0.6 is 11.8 Å². The molecule has 0 unspecified atom stereocenters. The van der Waals surface area contributed by atoms with Crippen molar-refractivity contribution in [1.82, 2.24) is 4.98 Å². The van der Waals surface area contributed by atoms with Crippen molar-refractivity contribution in [3.05, 3.63) is 60.8 Å². The molecule has 0 atom stereocenters. The van der Waals surface area contributed by atoms with E-state index in [2.05, 4.69) is 10.3 Å². The minimum absolute atomic E-state index is 0.441. The average Bonchev–Trinajstić information content (AvgIpc) is 2.56. The second kappa shape index (κ2) is 6.49. The van der Waals surface area contributed by atoms with Crippen molar-refractivity contribution in [1.29, 1.82) is 0 Å². The summed E-state index contributed by atoms with van der Waals surface area (Å²) < 4.78 is 5.37. The van der Waals surface area contributed by atoms with Gasteiger partial charge in [0.25, 0.3) is 0 Å². The zero-order valence-corrected chi connectivity index (χ0v) is 12.8. The molecule has 4 nitrogen and oxygen atoms in total. The minimum atomic E-state index is -0.532. The van der Waals surface area contributed by atoms with Crippen molar-refractivity contribution in [3.63, 3.8) is 0 Å². The Morgan fingerprint density at radius 3 is 2.64 bits per heavy atom. The van der Waals surface area contributed by atoms with Gasteiger partial charge >= 0.3 is 6.09 Å². The molecule has 0 aliphatic heterocycles. The Balaban J connectivity index is 1.75. The van der Waals surface area contributed by atoms with Crippen LogP contribution in [0.2, 0.25) is 0 Å². The first-order valence-corrected chi connectivity index (χ1v) is 7.95. The number of anilines is 1. The average molecular weight is 310 g/mol. The number of carbonyl (C=O) groups excluding carboxylic acids is 1. The van der Waals surface area contributed by atoms with E-state index in [1.807, 2.05) is 54.8 Å². The Kier molecular flexibility index (Phi) is 4.25. The quantitative estimate of drug-likeness (QED) is 0.720. The highest BCUT2D eigenvalue weighted by atomic mass is 32.2. The second-order valence-electron chi connectivity index (χ2n) is 4.57.